The molecule has 1 saturated carbocycles. The summed E-state index contributed by atoms with van der Waals surface area (Å²) in [5.74, 6) is 0.773. The minimum absolute atomic E-state index is 0.311. The van der Waals surface area contributed by atoms with Crippen molar-refractivity contribution in [3.63, 3.8) is 0 Å². The van der Waals surface area contributed by atoms with E-state index in [2.05, 4.69) is 28.1 Å². The maximum absolute atomic E-state index is 11.4. The van der Waals surface area contributed by atoms with Crippen molar-refractivity contribution in [2.45, 2.75) is 25.7 Å². The van der Waals surface area contributed by atoms with Gasteiger partial charge in [0.2, 0.25) is 0 Å². The first kappa shape index (κ1) is 9.41. The van der Waals surface area contributed by atoms with Gasteiger partial charge in [0.05, 0.1) is 3.79 Å². The minimum Gasteiger partial charge on any atom is -0.299 e. The van der Waals surface area contributed by atoms with E-state index in [0.29, 0.717) is 11.7 Å². The summed E-state index contributed by atoms with van der Waals surface area (Å²) in [6.07, 6.45) is 3.94. The zero-order valence-corrected chi connectivity index (χ0v) is 9.66. The summed E-state index contributed by atoms with van der Waals surface area (Å²) in [6, 6.07) is 4.17. The van der Waals surface area contributed by atoms with Crippen molar-refractivity contribution in [1.29, 1.82) is 0 Å². The molecule has 0 aromatic carbocycles. The Morgan fingerprint density at radius 3 is 2.92 bits per heavy atom. The molecule has 0 spiro atoms. The Balaban J connectivity index is 2.01. The second kappa shape index (κ2) is 3.93. The number of hydrogen-bond donors (Lipinski definition) is 0. The average Bonchev–Trinajstić information content (AvgIpc) is 2.64. The van der Waals surface area contributed by atoms with Crippen LogP contribution in [0.15, 0.2) is 15.9 Å². The third-order valence-corrected chi connectivity index (χ3v) is 4.15. The van der Waals surface area contributed by atoms with Crippen molar-refractivity contribution >= 4 is 33.0 Å². The summed E-state index contributed by atoms with van der Waals surface area (Å²) < 4.78 is 1.16. The maximum atomic E-state index is 11.4. The van der Waals surface area contributed by atoms with E-state index >= 15 is 0 Å². The van der Waals surface area contributed by atoms with E-state index in [0.717, 1.165) is 29.5 Å². The largest absolute Gasteiger partial charge is 0.299 e. The zero-order valence-electron chi connectivity index (χ0n) is 7.25. The molecule has 3 heteroatoms. The second-order valence-electron chi connectivity index (χ2n) is 3.47. The summed E-state index contributed by atoms with van der Waals surface area (Å²) >= 11 is 5.17. The van der Waals surface area contributed by atoms with Crippen LogP contribution in [0.25, 0.3) is 0 Å². The van der Waals surface area contributed by atoms with Gasteiger partial charge in [0.1, 0.15) is 5.78 Å². The summed E-state index contributed by atoms with van der Waals surface area (Å²) in [5, 5.41) is 0. The van der Waals surface area contributed by atoms with E-state index in [9.17, 15) is 4.79 Å². The molecule has 1 unspecified atom stereocenters. The molecule has 1 aromatic heterocycles. The maximum Gasteiger partial charge on any atom is 0.136 e. The zero-order chi connectivity index (χ0) is 9.26. The number of rotatable bonds is 2. The lowest BCUT2D eigenvalue weighted by molar-refractivity contribution is -0.120. The summed E-state index contributed by atoms with van der Waals surface area (Å²) in [6.45, 7) is 0. The van der Waals surface area contributed by atoms with Crippen molar-refractivity contribution in [3.05, 3.63) is 20.8 Å². The quantitative estimate of drug-likeness (QED) is 0.795. The summed E-state index contributed by atoms with van der Waals surface area (Å²) in [4.78, 5) is 12.7. The topological polar surface area (TPSA) is 17.1 Å². The monoisotopic (exact) mass is 258 g/mol. The van der Waals surface area contributed by atoms with Crippen molar-refractivity contribution in [3.8, 4) is 0 Å². The molecular weight excluding hydrogens is 248 g/mol. The Bertz CT molecular complexity index is 318. The van der Waals surface area contributed by atoms with Crippen LogP contribution in [0.2, 0.25) is 0 Å². The normalized spacial score (nSPS) is 22.5. The van der Waals surface area contributed by atoms with Gasteiger partial charge in [0, 0.05) is 17.2 Å². The van der Waals surface area contributed by atoms with Gasteiger partial charge in [-0.25, -0.2) is 0 Å². The van der Waals surface area contributed by atoms with E-state index in [-0.39, 0.29) is 0 Å². The lowest BCUT2D eigenvalue weighted by Crippen LogP contribution is -2.08. The predicted molar refractivity (Wildman–Crippen MR) is 58.1 cm³/mol. The van der Waals surface area contributed by atoms with Crippen LogP contribution in [0.1, 0.15) is 24.1 Å². The Hall–Kier alpha value is -0.150. The van der Waals surface area contributed by atoms with Crippen LogP contribution in [-0.4, -0.2) is 5.78 Å². The van der Waals surface area contributed by atoms with E-state index < -0.39 is 0 Å². The molecule has 0 amide bonds. The Morgan fingerprint density at radius 2 is 2.38 bits per heavy atom. The molecule has 1 nitrogen and oxygen atoms in total. The fraction of sp³-hybridized carbons (Fsp3) is 0.500. The SMILES string of the molecule is O=C1CCCC1Cc1ccc(Br)s1. The van der Waals surface area contributed by atoms with Gasteiger partial charge in [-0.05, 0) is 47.3 Å². The number of Topliss-reactive ketones (excluding diaryl/α,β-unsaturated/α-hetero) is 1. The van der Waals surface area contributed by atoms with Crippen molar-refractivity contribution < 1.29 is 4.79 Å². The fourth-order valence-electron chi connectivity index (χ4n) is 1.81. The number of carbonyl (C=O) groups excluding carboxylic acids is 1. The predicted octanol–water partition coefficient (Wildman–Crippen LogP) is 3.42. The molecule has 1 fully saturated rings. The molecule has 0 aliphatic heterocycles. The molecule has 0 bridgehead atoms. The lowest BCUT2D eigenvalue weighted by Gasteiger charge is -2.04. The smallest absolute Gasteiger partial charge is 0.136 e. The van der Waals surface area contributed by atoms with E-state index in [1.54, 1.807) is 11.3 Å². The molecule has 1 atom stereocenters. The number of carbonyl (C=O) groups is 1. The highest BCUT2D eigenvalue weighted by molar-refractivity contribution is 9.11. The first-order valence-corrected chi connectivity index (χ1v) is 6.13. The molecular formula is C10H11BrOS. The van der Waals surface area contributed by atoms with Gasteiger partial charge in [-0.1, -0.05) is 0 Å². The van der Waals surface area contributed by atoms with Gasteiger partial charge in [0.15, 0.2) is 0 Å². The third kappa shape index (κ3) is 2.20. The van der Waals surface area contributed by atoms with Crippen LogP contribution in [-0.2, 0) is 11.2 Å². The number of ketones is 1. The highest BCUT2D eigenvalue weighted by Crippen LogP contribution is 2.29. The van der Waals surface area contributed by atoms with Gasteiger partial charge in [-0.15, -0.1) is 11.3 Å². The van der Waals surface area contributed by atoms with Crippen LogP contribution in [0.5, 0.6) is 0 Å². The van der Waals surface area contributed by atoms with E-state index in [4.69, 9.17) is 0 Å². The highest BCUT2D eigenvalue weighted by atomic mass is 79.9. The summed E-state index contributed by atoms with van der Waals surface area (Å²) in [7, 11) is 0. The van der Waals surface area contributed by atoms with E-state index in [1.165, 1.54) is 4.88 Å². The minimum atomic E-state index is 0.311. The highest BCUT2D eigenvalue weighted by Gasteiger charge is 2.24. The fourth-order valence-corrected chi connectivity index (χ4v) is 3.37. The van der Waals surface area contributed by atoms with Gasteiger partial charge in [-0.3, -0.25) is 4.79 Å². The third-order valence-electron chi connectivity index (χ3n) is 2.51. The van der Waals surface area contributed by atoms with Crippen LogP contribution in [0.4, 0.5) is 0 Å². The molecule has 1 aliphatic carbocycles. The number of thiophene rings is 1. The standard InChI is InChI=1S/C10H11BrOS/c11-10-5-4-8(13-10)6-7-2-1-3-9(7)12/h4-5,7H,1-3,6H2. The number of halogens is 1. The van der Waals surface area contributed by atoms with Crippen LogP contribution in [0, 0.1) is 5.92 Å². The molecule has 2 rings (SSSR count). The van der Waals surface area contributed by atoms with E-state index in [1.807, 2.05) is 0 Å². The average molecular weight is 259 g/mol. The molecule has 0 saturated heterocycles. The van der Waals surface area contributed by atoms with Crippen LogP contribution in [0.3, 0.4) is 0 Å². The van der Waals surface area contributed by atoms with Gasteiger partial charge in [0.25, 0.3) is 0 Å². The van der Waals surface area contributed by atoms with Crippen LogP contribution < -0.4 is 0 Å². The van der Waals surface area contributed by atoms with Crippen molar-refractivity contribution in [2.24, 2.45) is 5.92 Å². The molecule has 13 heavy (non-hydrogen) atoms. The molecule has 0 radical (unpaired) electrons. The first-order valence-electron chi connectivity index (χ1n) is 4.52. The second-order valence-corrected chi connectivity index (χ2v) is 6.01. The summed E-state index contributed by atoms with van der Waals surface area (Å²) in [5.41, 5.74) is 0. The van der Waals surface area contributed by atoms with Gasteiger partial charge in [-0.2, -0.15) is 0 Å². The molecule has 0 N–H and O–H groups in total. The van der Waals surface area contributed by atoms with Crippen molar-refractivity contribution in [1.82, 2.24) is 0 Å². The molecule has 1 heterocycles. The van der Waals surface area contributed by atoms with Gasteiger partial charge < -0.3 is 0 Å². The van der Waals surface area contributed by atoms with Crippen molar-refractivity contribution in [2.75, 3.05) is 0 Å². The molecule has 1 aromatic rings. The lowest BCUT2D eigenvalue weighted by atomic mass is 10.0. The number of hydrogen-bond acceptors (Lipinski definition) is 2. The Kier molecular flexibility index (Phi) is 2.84. The molecule has 70 valence electrons. The first-order chi connectivity index (χ1) is 6.25. The van der Waals surface area contributed by atoms with Gasteiger partial charge >= 0.3 is 0 Å². The Labute approximate surface area is 90.3 Å². The van der Waals surface area contributed by atoms with Crippen LogP contribution >= 0.6 is 27.3 Å². The Morgan fingerprint density at radius 1 is 1.54 bits per heavy atom. The molecule has 1 aliphatic rings.